The first-order chi connectivity index (χ1) is 10.1. The number of anilines is 1. The second-order valence-electron chi connectivity index (χ2n) is 6.11. The summed E-state index contributed by atoms with van der Waals surface area (Å²) in [6.07, 6.45) is 3.33. The van der Waals surface area contributed by atoms with Crippen molar-refractivity contribution in [2.75, 3.05) is 12.1 Å². The minimum Gasteiger partial charge on any atom is -0.454 e. The lowest BCUT2D eigenvalue weighted by atomic mass is 9.84. The minimum absolute atomic E-state index is 0.0310. The van der Waals surface area contributed by atoms with Crippen LogP contribution in [0.2, 0.25) is 5.02 Å². The predicted molar refractivity (Wildman–Crippen MR) is 78.5 cm³/mol. The van der Waals surface area contributed by atoms with Crippen molar-refractivity contribution in [2.45, 2.75) is 25.3 Å². The average molecular weight is 309 g/mol. The number of carbonyl (C=O) groups excluding carboxylic acids is 1. The lowest BCUT2D eigenvalue weighted by molar-refractivity contribution is -0.121. The molecule has 3 N–H and O–H groups in total. The first kappa shape index (κ1) is 13.2. The van der Waals surface area contributed by atoms with Crippen molar-refractivity contribution in [3.63, 3.8) is 0 Å². The van der Waals surface area contributed by atoms with Gasteiger partial charge in [-0.2, -0.15) is 0 Å². The number of hydrogen-bond donors (Lipinski definition) is 2. The van der Waals surface area contributed by atoms with Crippen LogP contribution in [0, 0.1) is 17.8 Å². The van der Waals surface area contributed by atoms with Crippen LogP contribution in [0.5, 0.6) is 11.5 Å². The predicted octanol–water partition coefficient (Wildman–Crippen LogP) is 2.38. The molecule has 2 saturated carbocycles. The van der Waals surface area contributed by atoms with Crippen LogP contribution in [0.25, 0.3) is 0 Å². The summed E-state index contributed by atoms with van der Waals surface area (Å²) in [6, 6.07) is 3.35. The van der Waals surface area contributed by atoms with Crippen molar-refractivity contribution < 1.29 is 14.3 Å². The highest BCUT2D eigenvalue weighted by molar-refractivity contribution is 6.34. The van der Waals surface area contributed by atoms with Gasteiger partial charge in [-0.25, -0.2) is 0 Å². The Bertz CT molecular complexity index is 605. The molecular weight excluding hydrogens is 292 g/mol. The van der Waals surface area contributed by atoms with Gasteiger partial charge in [0.15, 0.2) is 11.5 Å². The maximum Gasteiger partial charge on any atom is 0.231 e. The standard InChI is InChI=1S/C15H17ClN2O3/c16-9-4-11-12(21-6-20-11)5-10(9)18-15(19)13-7-1-2-8(3-7)14(13)17/h4-5,7-8,13-14H,1-3,6,17H2,(H,18,19). The average Bonchev–Trinajstić information content (AvgIpc) is 3.14. The highest BCUT2D eigenvalue weighted by Gasteiger charge is 2.49. The van der Waals surface area contributed by atoms with Gasteiger partial charge in [0.05, 0.1) is 16.6 Å². The van der Waals surface area contributed by atoms with Crippen LogP contribution >= 0.6 is 11.6 Å². The van der Waals surface area contributed by atoms with Crippen LogP contribution in [0.3, 0.4) is 0 Å². The van der Waals surface area contributed by atoms with Crippen LogP contribution < -0.4 is 20.5 Å². The molecule has 1 aromatic carbocycles. The molecule has 2 fully saturated rings. The first-order valence-electron chi connectivity index (χ1n) is 7.29. The molecule has 4 rings (SSSR count). The Kier molecular flexibility index (Phi) is 3.01. The third kappa shape index (κ3) is 2.07. The fraction of sp³-hybridized carbons (Fsp3) is 0.533. The summed E-state index contributed by atoms with van der Waals surface area (Å²) in [6.45, 7) is 0.181. The van der Waals surface area contributed by atoms with E-state index in [1.807, 2.05) is 0 Å². The largest absolute Gasteiger partial charge is 0.454 e. The van der Waals surface area contributed by atoms with Crippen molar-refractivity contribution in [2.24, 2.45) is 23.5 Å². The van der Waals surface area contributed by atoms with Crippen LogP contribution in [-0.4, -0.2) is 18.7 Å². The number of halogens is 1. The molecule has 1 aromatic rings. The number of nitrogens with one attached hydrogen (secondary N) is 1. The summed E-state index contributed by atoms with van der Waals surface area (Å²) in [4.78, 5) is 12.5. The van der Waals surface area contributed by atoms with E-state index >= 15 is 0 Å². The van der Waals surface area contributed by atoms with Crippen molar-refractivity contribution in [1.29, 1.82) is 0 Å². The molecule has 112 valence electrons. The topological polar surface area (TPSA) is 73.6 Å². The lowest BCUT2D eigenvalue weighted by Crippen LogP contribution is -2.42. The van der Waals surface area contributed by atoms with Crippen LogP contribution in [-0.2, 0) is 4.79 Å². The Balaban J connectivity index is 1.55. The number of benzene rings is 1. The normalized spacial score (nSPS) is 32.5. The van der Waals surface area contributed by atoms with Gasteiger partial charge in [0.25, 0.3) is 0 Å². The van der Waals surface area contributed by atoms with Crippen molar-refractivity contribution in [3.05, 3.63) is 17.2 Å². The third-order valence-corrected chi connectivity index (χ3v) is 5.32. The van der Waals surface area contributed by atoms with Gasteiger partial charge in [-0.1, -0.05) is 11.6 Å². The lowest BCUT2D eigenvalue weighted by Gasteiger charge is -2.27. The van der Waals surface area contributed by atoms with Crippen molar-refractivity contribution >= 4 is 23.2 Å². The molecule has 2 bridgehead atoms. The van der Waals surface area contributed by atoms with Gasteiger partial charge in [-0.15, -0.1) is 0 Å². The summed E-state index contributed by atoms with van der Waals surface area (Å²) in [5.74, 6) is 1.98. The van der Waals surface area contributed by atoms with E-state index in [0.717, 1.165) is 19.3 Å². The molecule has 2 aliphatic carbocycles. The summed E-state index contributed by atoms with van der Waals surface area (Å²) < 4.78 is 10.6. The van der Waals surface area contributed by atoms with E-state index in [2.05, 4.69) is 5.32 Å². The van der Waals surface area contributed by atoms with Crippen molar-refractivity contribution in [1.82, 2.24) is 0 Å². The van der Waals surface area contributed by atoms with Gasteiger partial charge in [0.2, 0.25) is 12.7 Å². The van der Waals surface area contributed by atoms with E-state index in [1.165, 1.54) is 0 Å². The number of fused-ring (bicyclic) bond motifs is 3. The molecule has 1 amide bonds. The smallest absolute Gasteiger partial charge is 0.231 e. The number of amides is 1. The zero-order chi connectivity index (χ0) is 14.6. The molecule has 0 saturated heterocycles. The number of hydrogen-bond acceptors (Lipinski definition) is 4. The van der Waals surface area contributed by atoms with Crippen LogP contribution in [0.15, 0.2) is 12.1 Å². The van der Waals surface area contributed by atoms with E-state index in [0.29, 0.717) is 34.0 Å². The quantitative estimate of drug-likeness (QED) is 0.880. The van der Waals surface area contributed by atoms with Crippen LogP contribution in [0.4, 0.5) is 5.69 Å². The summed E-state index contributed by atoms with van der Waals surface area (Å²) in [5, 5.41) is 3.36. The van der Waals surface area contributed by atoms with E-state index in [1.54, 1.807) is 12.1 Å². The molecule has 0 aromatic heterocycles. The second kappa shape index (κ2) is 4.78. The summed E-state index contributed by atoms with van der Waals surface area (Å²) in [7, 11) is 0. The van der Waals surface area contributed by atoms with Gasteiger partial charge in [0.1, 0.15) is 0 Å². The van der Waals surface area contributed by atoms with Gasteiger partial charge in [0, 0.05) is 18.2 Å². The highest BCUT2D eigenvalue weighted by atomic mass is 35.5. The number of ether oxygens (including phenoxy) is 2. The maximum absolute atomic E-state index is 12.5. The minimum atomic E-state index is -0.106. The Morgan fingerprint density at radius 3 is 2.67 bits per heavy atom. The molecule has 21 heavy (non-hydrogen) atoms. The van der Waals surface area contributed by atoms with E-state index < -0.39 is 0 Å². The first-order valence-corrected chi connectivity index (χ1v) is 7.67. The summed E-state index contributed by atoms with van der Waals surface area (Å²) >= 11 is 6.19. The van der Waals surface area contributed by atoms with Gasteiger partial charge < -0.3 is 20.5 Å². The number of nitrogens with two attached hydrogens (primary N) is 1. The van der Waals surface area contributed by atoms with E-state index in [9.17, 15) is 4.79 Å². The molecule has 4 unspecified atom stereocenters. The molecule has 5 nitrogen and oxygen atoms in total. The van der Waals surface area contributed by atoms with E-state index in [-0.39, 0.29) is 24.7 Å². The molecule has 4 atom stereocenters. The highest BCUT2D eigenvalue weighted by Crippen LogP contribution is 2.48. The van der Waals surface area contributed by atoms with Gasteiger partial charge in [-0.05, 0) is 31.1 Å². The number of rotatable bonds is 2. The maximum atomic E-state index is 12.5. The SMILES string of the molecule is NC1C2CCC(C2)C1C(=O)Nc1cc2c(cc1Cl)OCO2. The second-order valence-corrected chi connectivity index (χ2v) is 6.52. The monoisotopic (exact) mass is 308 g/mol. The van der Waals surface area contributed by atoms with Crippen LogP contribution in [0.1, 0.15) is 19.3 Å². The molecule has 0 radical (unpaired) electrons. The zero-order valence-electron chi connectivity index (χ0n) is 11.5. The van der Waals surface area contributed by atoms with E-state index in [4.69, 9.17) is 26.8 Å². The molecule has 1 heterocycles. The fourth-order valence-corrected chi connectivity index (χ4v) is 4.15. The van der Waals surface area contributed by atoms with Gasteiger partial charge >= 0.3 is 0 Å². The Labute approximate surface area is 127 Å². The molecule has 3 aliphatic rings. The van der Waals surface area contributed by atoms with Crippen molar-refractivity contribution in [3.8, 4) is 11.5 Å². The molecule has 6 heteroatoms. The Hall–Kier alpha value is -1.46. The third-order valence-electron chi connectivity index (χ3n) is 5.00. The molecule has 0 spiro atoms. The summed E-state index contributed by atoms with van der Waals surface area (Å²) in [5.41, 5.74) is 6.76. The Morgan fingerprint density at radius 1 is 1.24 bits per heavy atom. The zero-order valence-corrected chi connectivity index (χ0v) is 12.2. The molecule has 1 aliphatic heterocycles. The molecular formula is C15H17ClN2O3. The fourth-order valence-electron chi connectivity index (χ4n) is 3.95. The Morgan fingerprint density at radius 2 is 1.95 bits per heavy atom. The van der Waals surface area contributed by atoms with Gasteiger partial charge in [-0.3, -0.25) is 4.79 Å². The number of carbonyl (C=O) groups is 1.